The summed E-state index contributed by atoms with van der Waals surface area (Å²) in [6, 6.07) is 17.3. The molecule has 0 aliphatic heterocycles. The van der Waals surface area contributed by atoms with Crippen molar-refractivity contribution in [3.05, 3.63) is 60.2 Å². The van der Waals surface area contributed by atoms with E-state index in [1.807, 2.05) is 62.6 Å². The number of nitrogens with two attached hydrogens (primary N) is 1. The number of aromatic amines is 1. The van der Waals surface area contributed by atoms with Crippen LogP contribution in [-0.2, 0) is 0 Å². The number of H-pyrrole nitrogens is 1. The Morgan fingerprint density at radius 1 is 1.14 bits per heavy atom. The number of fused-ring (bicyclic) bond motifs is 3. The summed E-state index contributed by atoms with van der Waals surface area (Å²) in [5.74, 6) is 0.281. The lowest BCUT2D eigenvalue weighted by molar-refractivity contribution is 0.100. The van der Waals surface area contributed by atoms with Gasteiger partial charge in [0.1, 0.15) is 12.4 Å². The first-order chi connectivity index (χ1) is 13.5. The van der Waals surface area contributed by atoms with Crippen LogP contribution < -0.4 is 10.5 Å². The van der Waals surface area contributed by atoms with Gasteiger partial charge in [0.2, 0.25) is 0 Å². The van der Waals surface area contributed by atoms with E-state index in [2.05, 4.69) is 9.88 Å². The molecular weight excluding hydrogens is 352 g/mol. The largest absolute Gasteiger partial charge is 0.492 e. The molecule has 0 spiro atoms. The van der Waals surface area contributed by atoms with Crippen LogP contribution in [0.15, 0.2) is 54.6 Å². The van der Waals surface area contributed by atoms with Crippen molar-refractivity contribution >= 4 is 27.8 Å². The number of primary amides is 1. The van der Waals surface area contributed by atoms with E-state index in [4.69, 9.17) is 15.5 Å². The Labute approximate surface area is 162 Å². The number of likely N-dealkylation sites (N-methyl/N-ethyl adjacent to an activating group) is 1. The van der Waals surface area contributed by atoms with Gasteiger partial charge in [-0.3, -0.25) is 4.79 Å². The van der Waals surface area contributed by atoms with Crippen LogP contribution >= 0.6 is 0 Å². The second kappa shape index (κ2) is 7.32. The molecule has 6 nitrogen and oxygen atoms in total. The lowest BCUT2D eigenvalue weighted by Gasteiger charge is -2.10. The van der Waals surface area contributed by atoms with E-state index in [1.54, 1.807) is 6.07 Å². The highest BCUT2D eigenvalue weighted by Crippen LogP contribution is 2.31. The van der Waals surface area contributed by atoms with Crippen LogP contribution in [0.5, 0.6) is 5.75 Å². The second-order valence-electron chi connectivity index (χ2n) is 6.99. The van der Waals surface area contributed by atoms with Gasteiger partial charge in [0, 0.05) is 23.6 Å². The van der Waals surface area contributed by atoms with Crippen LogP contribution in [-0.4, -0.2) is 48.0 Å². The van der Waals surface area contributed by atoms with Crippen LogP contribution in [0.3, 0.4) is 0 Å². The number of rotatable bonds is 6. The molecule has 142 valence electrons. The Morgan fingerprint density at radius 2 is 1.93 bits per heavy atom. The smallest absolute Gasteiger partial charge is 0.250 e. The summed E-state index contributed by atoms with van der Waals surface area (Å²) in [5.41, 5.74) is 9.97. The first-order valence-electron chi connectivity index (χ1n) is 9.12. The number of nitrogens with one attached hydrogen (secondary N) is 1. The lowest BCUT2D eigenvalue weighted by Crippen LogP contribution is -2.19. The topological polar surface area (TPSA) is 84.2 Å². The Hall–Kier alpha value is -3.38. The van der Waals surface area contributed by atoms with Gasteiger partial charge in [-0.1, -0.05) is 30.3 Å². The number of nitrogens with zero attached hydrogens (tertiary/aromatic N) is 2. The van der Waals surface area contributed by atoms with Crippen LogP contribution in [0.1, 0.15) is 10.4 Å². The first kappa shape index (κ1) is 18.0. The quantitative estimate of drug-likeness (QED) is 0.542. The van der Waals surface area contributed by atoms with Crippen molar-refractivity contribution in [3.8, 4) is 17.0 Å². The molecule has 0 saturated carbocycles. The monoisotopic (exact) mass is 374 g/mol. The molecule has 28 heavy (non-hydrogen) atoms. The van der Waals surface area contributed by atoms with Gasteiger partial charge >= 0.3 is 0 Å². The van der Waals surface area contributed by atoms with Crippen molar-refractivity contribution in [1.29, 1.82) is 0 Å². The fraction of sp³-hybridized carbons (Fsp3) is 0.182. The van der Waals surface area contributed by atoms with E-state index < -0.39 is 5.91 Å². The molecule has 2 heterocycles. The molecule has 0 aliphatic carbocycles. The van der Waals surface area contributed by atoms with E-state index in [-0.39, 0.29) is 0 Å². The van der Waals surface area contributed by atoms with Crippen molar-refractivity contribution in [2.75, 3.05) is 27.2 Å². The van der Waals surface area contributed by atoms with E-state index in [0.29, 0.717) is 23.4 Å². The fourth-order valence-electron chi connectivity index (χ4n) is 3.22. The van der Waals surface area contributed by atoms with Crippen LogP contribution in [0.25, 0.3) is 33.2 Å². The minimum Gasteiger partial charge on any atom is -0.492 e. The normalized spacial score (nSPS) is 11.4. The molecule has 0 bridgehead atoms. The van der Waals surface area contributed by atoms with Crippen molar-refractivity contribution in [1.82, 2.24) is 14.9 Å². The average molecular weight is 374 g/mol. The Kier molecular flexibility index (Phi) is 4.71. The summed E-state index contributed by atoms with van der Waals surface area (Å²) in [6.07, 6.45) is 0. The minimum absolute atomic E-state index is 0.426. The second-order valence-corrected chi connectivity index (χ2v) is 6.99. The number of pyridine rings is 1. The molecule has 0 atom stereocenters. The molecule has 0 aliphatic rings. The van der Waals surface area contributed by atoms with Crippen LogP contribution in [0, 0.1) is 0 Å². The molecular formula is C22H22N4O2. The molecule has 0 unspecified atom stereocenters. The van der Waals surface area contributed by atoms with Gasteiger partial charge in [-0.05, 0) is 32.3 Å². The standard InChI is InChI=1S/C22H22N4O2/c1-26(2)10-11-28-15-8-9-16-19(12-15)25-21-17(22(23)27)13-18(24-20(16)21)14-6-4-3-5-7-14/h3-9,12-13,25H,10-11H2,1-2H3,(H2,23,27). The Bertz CT molecular complexity index is 1150. The molecule has 1 amide bonds. The van der Waals surface area contributed by atoms with Crippen LogP contribution in [0.4, 0.5) is 0 Å². The van der Waals surface area contributed by atoms with Gasteiger partial charge in [-0.15, -0.1) is 0 Å². The average Bonchev–Trinajstić information content (AvgIpc) is 3.05. The molecule has 2 aromatic heterocycles. The Balaban J connectivity index is 1.83. The zero-order valence-corrected chi connectivity index (χ0v) is 15.9. The van der Waals surface area contributed by atoms with Crippen molar-refractivity contribution in [3.63, 3.8) is 0 Å². The molecule has 0 fully saturated rings. The van der Waals surface area contributed by atoms with E-state index >= 15 is 0 Å². The summed E-state index contributed by atoms with van der Waals surface area (Å²) < 4.78 is 5.82. The Morgan fingerprint density at radius 3 is 2.64 bits per heavy atom. The predicted molar refractivity (Wildman–Crippen MR) is 112 cm³/mol. The predicted octanol–water partition coefficient (Wildman–Crippen LogP) is 3.42. The number of ether oxygens (including phenoxy) is 1. The summed E-state index contributed by atoms with van der Waals surface area (Å²) in [7, 11) is 4.01. The maximum absolute atomic E-state index is 12.1. The third-order valence-electron chi connectivity index (χ3n) is 4.67. The summed E-state index contributed by atoms with van der Waals surface area (Å²) >= 11 is 0. The number of carbonyl (C=O) groups excluding carboxylic acids is 1. The molecule has 4 aromatic rings. The zero-order chi connectivity index (χ0) is 19.7. The summed E-state index contributed by atoms with van der Waals surface area (Å²) in [6.45, 7) is 1.43. The lowest BCUT2D eigenvalue weighted by atomic mass is 10.1. The molecule has 2 aromatic carbocycles. The van der Waals surface area contributed by atoms with Crippen LogP contribution in [0.2, 0.25) is 0 Å². The van der Waals surface area contributed by atoms with Gasteiger partial charge in [-0.2, -0.15) is 0 Å². The van der Waals surface area contributed by atoms with Gasteiger partial charge in [0.25, 0.3) is 5.91 Å². The van der Waals surface area contributed by atoms with Gasteiger partial charge in [-0.25, -0.2) is 4.98 Å². The minimum atomic E-state index is -0.487. The van der Waals surface area contributed by atoms with Crippen molar-refractivity contribution in [2.24, 2.45) is 5.73 Å². The number of carbonyl (C=O) groups is 1. The van der Waals surface area contributed by atoms with Gasteiger partial charge in [0.05, 0.1) is 27.8 Å². The number of hydrogen-bond donors (Lipinski definition) is 2. The first-order valence-corrected chi connectivity index (χ1v) is 9.12. The highest BCUT2D eigenvalue weighted by molar-refractivity contribution is 6.14. The van der Waals surface area contributed by atoms with E-state index in [0.717, 1.165) is 34.3 Å². The maximum Gasteiger partial charge on any atom is 0.250 e. The van der Waals surface area contributed by atoms with Gasteiger partial charge in [0.15, 0.2) is 0 Å². The molecule has 6 heteroatoms. The van der Waals surface area contributed by atoms with Crippen molar-refractivity contribution < 1.29 is 9.53 Å². The molecule has 3 N–H and O–H groups in total. The molecule has 4 rings (SSSR count). The number of aromatic nitrogens is 2. The highest BCUT2D eigenvalue weighted by atomic mass is 16.5. The van der Waals surface area contributed by atoms with Gasteiger partial charge < -0.3 is 20.4 Å². The third kappa shape index (κ3) is 3.42. The number of hydrogen-bond acceptors (Lipinski definition) is 4. The fourth-order valence-corrected chi connectivity index (χ4v) is 3.22. The zero-order valence-electron chi connectivity index (χ0n) is 15.9. The SMILES string of the molecule is CN(C)CCOc1ccc2c(c1)[nH]c1c(C(N)=O)cc(-c3ccccc3)nc12. The summed E-state index contributed by atoms with van der Waals surface area (Å²) in [4.78, 5) is 22.3. The molecule has 0 saturated heterocycles. The third-order valence-corrected chi connectivity index (χ3v) is 4.67. The van der Waals surface area contributed by atoms with E-state index in [1.165, 1.54) is 0 Å². The number of amides is 1. The number of benzene rings is 2. The molecule has 0 radical (unpaired) electrons. The van der Waals surface area contributed by atoms with E-state index in [9.17, 15) is 4.79 Å². The van der Waals surface area contributed by atoms with Crippen molar-refractivity contribution in [2.45, 2.75) is 0 Å². The highest BCUT2D eigenvalue weighted by Gasteiger charge is 2.16. The maximum atomic E-state index is 12.1. The summed E-state index contributed by atoms with van der Waals surface area (Å²) in [5, 5.41) is 0.926.